The van der Waals surface area contributed by atoms with E-state index in [-0.39, 0.29) is 22.3 Å². The number of Topliss-reactive ketones (excluding diaryl/α,β-unsaturated/α-hetero) is 1. The number of hydrogen-bond acceptors (Lipinski definition) is 3. The van der Waals surface area contributed by atoms with Gasteiger partial charge in [-0.3, -0.25) is 4.79 Å². The second-order valence-corrected chi connectivity index (χ2v) is 6.57. The number of carbonyl (C=O) groups excluding carboxylic acids is 1. The molecular formula is C14H20O3S. The van der Waals surface area contributed by atoms with E-state index in [0.29, 0.717) is 0 Å². The molecule has 0 fully saturated rings. The van der Waals surface area contributed by atoms with E-state index in [4.69, 9.17) is 0 Å². The maximum absolute atomic E-state index is 12.0. The number of unbranched alkanes of at least 4 members (excludes halogenated alkanes) is 1. The SMILES string of the molecule is CCCCC(C)C(=O)CS(=O)(=O)c1ccccc1. The third-order valence-electron chi connectivity index (χ3n) is 2.97. The van der Waals surface area contributed by atoms with Crippen LogP contribution in [-0.4, -0.2) is 20.0 Å². The van der Waals surface area contributed by atoms with Crippen molar-refractivity contribution in [3.05, 3.63) is 30.3 Å². The van der Waals surface area contributed by atoms with Crippen molar-refractivity contribution >= 4 is 15.6 Å². The lowest BCUT2D eigenvalue weighted by molar-refractivity contribution is -0.120. The molecule has 0 aliphatic rings. The fourth-order valence-electron chi connectivity index (χ4n) is 1.71. The van der Waals surface area contributed by atoms with E-state index in [9.17, 15) is 13.2 Å². The molecule has 1 unspecified atom stereocenters. The van der Waals surface area contributed by atoms with Crippen LogP contribution in [0.3, 0.4) is 0 Å². The van der Waals surface area contributed by atoms with Crippen LogP contribution in [0.5, 0.6) is 0 Å². The Morgan fingerprint density at radius 2 is 1.83 bits per heavy atom. The summed E-state index contributed by atoms with van der Waals surface area (Å²) in [5.74, 6) is -0.752. The van der Waals surface area contributed by atoms with Gasteiger partial charge < -0.3 is 0 Å². The van der Waals surface area contributed by atoms with Crippen molar-refractivity contribution in [1.82, 2.24) is 0 Å². The summed E-state index contributed by atoms with van der Waals surface area (Å²) in [7, 11) is -3.48. The molecule has 0 spiro atoms. The Bertz CT molecular complexity index is 477. The summed E-state index contributed by atoms with van der Waals surface area (Å²) in [6.45, 7) is 3.86. The predicted molar refractivity (Wildman–Crippen MR) is 72.2 cm³/mol. The molecule has 100 valence electrons. The fourth-order valence-corrected chi connectivity index (χ4v) is 3.11. The highest BCUT2D eigenvalue weighted by molar-refractivity contribution is 7.92. The zero-order chi connectivity index (χ0) is 13.6. The van der Waals surface area contributed by atoms with Crippen molar-refractivity contribution in [1.29, 1.82) is 0 Å². The lowest BCUT2D eigenvalue weighted by Gasteiger charge is -2.10. The Kier molecular flexibility index (Phi) is 5.54. The summed E-state index contributed by atoms with van der Waals surface area (Å²) >= 11 is 0. The maximum Gasteiger partial charge on any atom is 0.185 e. The number of benzene rings is 1. The van der Waals surface area contributed by atoms with Crippen LogP contribution in [0.25, 0.3) is 0 Å². The Labute approximate surface area is 109 Å². The first-order chi connectivity index (χ1) is 8.47. The number of hydrogen-bond donors (Lipinski definition) is 0. The first-order valence-electron chi connectivity index (χ1n) is 6.28. The van der Waals surface area contributed by atoms with Gasteiger partial charge in [-0.15, -0.1) is 0 Å². The topological polar surface area (TPSA) is 51.2 Å². The minimum atomic E-state index is -3.48. The highest BCUT2D eigenvalue weighted by atomic mass is 32.2. The van der Waals surface area contributed by atoms with Crippen LogP contribution in [0.4, 0.5) is 0 Å². The van der Waals surface area contributed by atoms with E-state index in [1.807, 2.05) is 0 Å². The molecule has 1 aromatic carbocycles. The van der Waals surface area contributed by atoms with E-state index >= 15 is 0 Å². The molecule has 1 rings (SSSR count). The van der Waals surface area contributed by atoms with Gasteiger partial charge in [-0.25, -0.2) is 8.42 Å². The molecular weight excluding hydrogens is 248 g/mol. The second-order valence-electron chi connectivity index (χ2n) is 4.58. The average Bonchev–Trinajstić information content (AvgIpc) is 2.36. The molecule has 0 amide bonds. The average molecular weight is 268 g/mol. The van der Waals surface area contributed by atoms with Crippen LogP contribution in [-0.2, 0) is 14.6 Å². The molecule has 1 aromatic rings. The zero-order valence-electron chi connectivity index (χ0n) is 10.9. The molecule has 0 bridgehead atoms. The van der Waals surface area contributed by atoms with Crippen molar-refractivity contribution in [3.63, 3.8) is 0 Å². The molecule has 1 atom stereocenters. The van der Waals surface area contributed by atoms with Crippen molar-refractivity contribution < 1.29 is 13.2 Å². The summed E-state index contributed by atoms with van der Waals surface area (Å²) < 4.78 is 24.0. The molecule has 18 heavy (non-hydrogen) atoms. The first-order valence-corrected chi connectivity index (χ1v) is 7.93. The van der Waals surface area contributed by atoms with Gasteiger partial charge in [0.15, 0.2) is 15.6 Å². The maximum atomic E-state index is 12.0. The third kappa shape index (κ3) is 4.26. The Hall–Kier alpha value is -1.16. The van der Waals surface area contributed by atoms with Crippen molar-refractivity contribution in [2.75, 3.05) is 5.75 Å². The van der Waals surface area contributed by atoms with Crippen LogP contribution in [0.1, 0.15) is 33.1 Å². The monoisotopic (exact) mass is 268 g/mol. The van der Waals surface area contributed by atoms with Gasteiger partial charge >= 0.3 is 0 Å². The molecule has 4 heteroatoms. The molecule has 3 nitrogen and oxygen atoms in total. The predicted octanol–water partition coefficient (Wildman–Crippen LogP) is 2.86. The number of sulfone groups is 1. The Balaban J connectivity index is 2.70. The molecule has 0 N–H and O–H groups in total. The van der Waals surface area contributed by atoms with Gasteiger partial charge in [0.2, 0.25) is 0 Å². The quantitative estimate of drug-likeness (QED) is 0.764. The van der Waals surface area contributed by atoms with Crippen LogP contribution in [0, 0.1) is 5.92 Å². The van der Waals surface area contributed by atoms with Gasteiger partial charge in [0.25, 0.3) is 0 Å². The molecule has 0 saturated carbocycles. The molecule has 0 aromatic heterocycles. The molecule has 0 aliphatic carbocycles. The summed E-state index contributed by atoms with van der Waals surface area (Å²) in [5.41, 5.74) is 0. The summed E-state index contributed by atoms with van der Waals surface area (Å²) in [6.07, 6.45) is 2.74. The normalized spacial score (nSPS) is 13.2. The van der Waals surface area contributed by atoms with Gasteiger partial charge in [-0.1, -0.05) is 44.9 Å². The first kappa shape index (κ1) is 14.9. The van der Waals surface area contributed by atoms with Crippen LogP contribution >= 0.6 is 0 Å². The minimum Gasteiger partial charge on any atom is -0.298 e. The lowest BCUT2D eigenvalue weighted by Crippen LogP contribution is -2.22. The van der Waals surface area contributed by atoms with Crippen LogP contribution in [0.2, 0.25) is 0 Å². The highest BCUT2D eigenvalue weighted by Crippen LogP contribution is 2.15. The van der Waals surface area contributed by atoms with Crippen LogP contribution < -0.4 is 0 Å². The lowest BCUT2D eigenvalue weighted by atomic mass is 10.0. The Morgan fingerprint density at radius 1 is 1.22 bits per heavy atom. The van der Waals surface area contributed by atoms with Crippen molar-refractivity contribution in [2.45, 2.75) is 38.0 Å². The minimum absolute atomic E-state index is 0.177. The zero-order valence-corrected chi connectivity index (χ0v) is 11.7. The van der Waals surface area contributed by atoms with Crippen molar-refractivity contribution in [2.24, 2.45) is 5.92 Å². The summed E-state index contributed by atoms with van der Waals surface area (Å²) in [4.78, 5) is 12.1. The standard InChI is InChI=1S/C14H20O3S/c1-3-4-8-12(2)14(15)11-18(16,17)13-9-6-5-7-10-13/h5-7,9-10,12H,3-4,8,11H2,1-2H3. The van der Waals surface area contributed by atoms with E-state index in [1.165, 1.54) is 12.1 Å². The smallest absolute Gasteiger partial charge is 0.185 e. The van der Waals surface area contributed by atoms with Crippen molar-refractivity contribution in [3.8, 4) is 0 Å². The van der Waals surface area contributed by atoms with Gasteiger partial charge in [-0.2, -0.15) is 0 Å². The molecule has 0 aliphatic heterocycles. The molecule has 0 radical (unpaired) electrons. The van der Waals surface area contributed by atoms with E-state index in [2.05, 4.69) is 6.92 Å². The summed E-state index contributed by atoms with van der Waals surface area (Å²) in [6, 6.07) is 8.14. The van der Waals surface area contributed by atoms with E-state index in [1.54, 1.807) is 25.1 Å². The fraction of sp³-hybridized carbons (Fsp3) is 0.500. The van der Waals surface area contributed by atoms with Gasteiger partial charge in [0.1, 0.15) is 5.75 Å². The number of rotatable bonds is 7. The molecule has 0 heterocycles. The van der Waals surface area contributed by atoms with Crippen LogP contribution in [0.15, 0.2) is 35.2 Å². The Morgan fingerprint density at radius 3 is 2.39 bits per heavy atom. The molecule has 0 saturated heterocycles. The van der Waals surface area contributed by atoms with E-state index < -0.39 is 9.84 Å². The largest absolute Gasteiger partial charge is 0.298 e. The van der Waals surface area contributed by atoms with E-state index in [0.717, 1.165) is 19.3 Å². The summed E-state index contributed by atoms with van der Waals surface area (Å²) in [5, 5.41) is 0. The number of carbonyl (C=O) groups is 1. The van der Waals surface area contributed by atoms with Gasteiger partial charge in [0, 0.05) is 5.92 Å². The van der Waals surface area contributed by atoms with Gasteiger partial charge in [-0.05, 0) is 18.6 Å². The second kappa shape index (κ2) is 6.69. The van der Waals surface area contributed by atoms with Gasteiger partial charge in [0.05, 0.1) is 4.90 Å². The third-order valence-corrected chi connectivity index (χ3v) is 4.63. The highest BCUT2D eigenvalue weighted by Gasteiger charge is 2.22. The number of ketones is 1.